The SMILES string of the molecule is Cc1ccc(N2C[C@@H](NC(=O)NCCCN3CCCC3=O)CC2=O)cc1. The zero-order valence-electron chi connectivity index (χ0n) is 15.2. The Balaban J connectivity index is 1.38. The number of carbonyl (C=O) groups is 3. The maximum Gasteiger partial charge on any atom is 0.315 e. The predicted molar refractivity (Wildman–Crippen MR) is 98.9 cm³/mol. The predicted octanol–water partition coefficient (Wildman–Crippen LogP) is 1.41. The Morgan fingerprint density at radius 2 is 1.96 bits per heavy atom. The lowest BCUT2D eigenvalue weighted by Gasteiger charge is -2.18. The third kappa shape index (κ3) is 4.53. The second-order valence-electron chi connectivity index (χ2n) is 6.98. The van der Waals surface area contributed by atoms with Gasteiger partial charge in [-0.3, -0.25) is 9.59 Å². The van der Waals surface area contributed by atoms with Gasteiger partial charge in [-0.15, -0.1) is 0 Å². The molecule has 140 valence electrons. The molecule has 7 nitrogen and oxygen atoms in total. The first kappa shape index (κ1) is 18.2. The van der Waals surface area contributed by atoms with Crippen molar-refractivity contribution in [2.75, 3.05) is 31.1 Å². The van der Waals surface area contributed by atoms with Crippen molar-refractivity contribution in [1.82, 2.24) is 15.5 Å². The van der Waals surface area contributed by atoms with Crippen molar-refractivity contribution in [3.8, 4) is 0 Å². The molecule has 4 amide bonds. The van der Waals surface area contributed by atoms with Crippen LogP contribution in [0.2, 0.25) is 0 Å². The fraction of sp³-hybridized carbons (Fsp3) is 0.526. The van der Waals surface area contributed by atoms with Gasteiger partial charge in [0.05, 0.1) is 6.04 Å². The van der Waals surface area contributed by atoms with Gasteiger partial charge in [0.25, 0.3) is 0 Å². The summed E-state index contributed by atoms with van der Waals surface area (Å²) in [5.74, 6) is 0.224. The summed E-state index contributed by atoms with van der Waals surface area (Å²) in [6.07, 6.45) is 2.61. The van der Waals surface area contributed by atoms with Crippen LogP contribution in [-0.2, 0) is 9.59 Å². The summed E-state index contributed by atoms with van der Waals surface area (Å²) in [5.41, 5.74) is 2.01. The van der Waals surface area contributed by atoms with Crippen molar-refractivity contribution in [3.63, 3.8) is 0 Å². The molecule has 2 N–H and O–H groups in total. The van der Waals surface area contributed by atoms with Gasteiger partial charge in [0.15, 0.2) is 0 Å². The molecule has 2 heterocycles. The summed E-state index contributed by atoms with van der Waals surface area (Å²) in [4.78, 5) is 39.3. The maximum absolute atomic E-state index is 12.2. The molecule has 0 bridgehead atoms. The standard InChI is InChI=1S/C19H26N4O3/c1-14-5-7-16(8-6-14)23-13-15(12-18(23)25)21-19(26)20-9-3-11-22-10-2-4-17(22)24/h5-8,15H,2-4,9-13H2,1H3,(H2,20,21,26)/t15-/m0/s1. The normalized spacial score (nSPS) is 20.0. The highest BCUT2D eigenvalue weighted by molar-refractivity contribution is 5.96. The highest BCUT2D eigenvalue weighted by Gasteiger charge is 2.31. The molecule has 0 aliphatic carbocycles. The summed E-state index contributed by atoms with van der Waals surface area (Å²) in [7, 11) is 0. The fourth-order valence-corrected chi connectivity index (χ4v) is 3.43. The van der Waals surface area contributed by atoms with Crippen LogP contribution in [0.25, 0.3) is 0 Å². The highest BCUT2D eigenvalue weighted by Crippen LogP contribution is 2.21. The minimum atomic E-state index is -0.263. The van der Waals surface area contributed by atoms with E-state index in [1.807, 2.05) is 36.1 Å². The van der Waals surface area contributed by atoms with Crippen molar-refractivity contribution >= 4 is 23.5 Å². The average Bonchev–Trinajstić information content (AvgIpc) is 3.18. The van der Waals surface area contributed by atoms with Gasteiger partial charge in [-0.05, 0) is 31.9 Å². The Morgan fingerprint density at radius 1 is 1.19 bits per heavy atom. The van der Waals surface area contributed by atoms with Crippen LogP contribution in [0.1, 0.15) is 31.2 Å². The Bertz CT molecular complexity index is 674. The van der Waals surface area contributed by atoms with Crippen LogP contribution in [0.15, 0.2) is 24.3 Å². The van der Waals surface area contributed by atoms with Crippen LogP contribution in [0.5, 0.6) is 0 Å². The smallest absolute Gasteiger partial charge is 0.315 e. The Hall–Kier alpha value is -2.57. The summed E-state index contributed by atoms with van der Waals surface area (Å²) in [6, 6.07) is 7.35. The lowest BCUT2D eigenvalue weighted by molar-refractivity contribution is -0.127. The molecule has 2 saturated heterocycles. The summed E-state index contributed by atoms with van der Waals surface area (Å²) in [5, 5.41) is 5.67. The van der Waals surface area contributed by atoms with Crippen LogP contribution in [0.4, 0.5) is 10.5 Å². The van der Waals surface area contributed by atoms with Gasteiger partial charge in [0.1, 0.15) is 0 Å². The number of hydrogen-bond acceptors (Lipinski definition) is 3. The molecule has 1 aromatic rings. The number of rotatable bonds is 6. The van der Waals surface area contributed by atoms with E-state index in [1.54, 1.807) is 4.90 Å². The molecule has 7 heteroatoms. The monoisotopic (exact) mass is 358 g/mol. The largest absolute Gasteiger partial charge is 0.343 e. The molecule has 0 aromatic heterocycles. The molecule has 2 aliphatic rings. The summed E-state index contributed by atoms with van der Waals surface area (Å²) >= 11 is 0. The number of anilines is 1. The number of carbonyl (C=O) groups excluding carboxylic acids is 3. The zero-order valence-corrected chi connectivity index (χ0v) is 15.2. The molecule has 2 aliphatic heterocycles. The molecule has 0 unspecified atom stereocenters. The zero-order chi connectivity index (χ0) is 18.5. The second-order valence-corrected chi connectivity index (χ2v) is 6.98. The van der Waals surface area contributed by atoms with Crippen molar-refractivity contribution in [2.45, 2.75) is 38.6 Å². The van der Waals surface area contributed by atoms with Crippen LogP contribution in [0, 0.1) is 6.92 Å². The number of hydrogen-bond donors (Lipinski definition) is 2. The third-order valence-electron chi connectivity index (χ3n) is 4.87. The number of nitrogens with zero attached hydrogens (tertiary/aromatic N) is 2. The van der Waals surface area contributed by atoms with Gasteiger partial charge in [-0.25, -0.2) is 4.79 Å². The van der Waals surface area contributed by atoms with Crippen LogP contribution < -0.4 is 15.5 Å². The van der Waals surface area contributed by atoms with Crippen molar-refractivity contribution in [2.24, 2.45) is 0 Å². The van der Waals surface area contributed by atoms with E-state index in [0.29, 0.717) is 32.5 Å². The molecular weight excluding hydrogens is 332 g/mol. The first-order valence-corrected chi connectivity index (χ1v) is 9.22. The minimum Gasteiger partial charge on any atom is -0.343 e. The molecule has 0 saturated carbocycles. The molecule has 1 aromatic carbocycles. The van der Waals surface area contributed by atoms with Crippen LogP contribution in [0.3, 0.4) is 0 Å². The number of likely N-dealkylation sites (tertiary alicyclic amines) is 1. The Morgan fingerprint density at radius 3 is 2.65 bits per heavy atom. The third-order valence-corrected chi connectivity index (χ3v) is 4.87. The topological polar surface area (TPSA) is 81.8 Å². The number of urea groups is 1. The lowest BCUT2D eigenvalue weighted by atomic mass is 10.2. The number of benzene rings is 1. The first-order chi connectivity index (χ1) is 12.5. The van der Waals surface area contributed by atoms with E-state index in [1.165, 1.54) is 0 Å². The summed E-state index contributed by atoms with van der Waals surface area (Å²) in [6.45, 7) is 4.51. The lowest BCUT2D eigenvalue weighted by Crippen LogP contribution is -2.44. The fourth-order valence-electron chi connectivity index (χ4n) is 3.43. The van der Waals surface area contributed by atoms with Gasteiger partial charge in [0.2, 0.25) is 11.8 Å². The minimum absolute atomic E-state index is 0.0201. The van der Waals surface area contributed by atoms with Crippen molar-refractivity contribution < 1.29 is 14.4 Å². The maximum atomic E-state index is 12.2. The molecule has 2 fully saturated rings. The molecule has 1 atom stereocenters. The van der Waals surface area contributed by atoms with Gasteiger partial charge >= 0.3 is 6.03 Å². The molecular formula is C19H26N4O3. The van der Waals surface area contributed by atoms with Crippen molar-refractivity contribution in [1.29, 1.82) is 0 Å². The van der Waals surface area contributed by atoms with E-state index in [2.05, 4.69) is 10.6 Å². The van der Waals surface area contributed by atoms with E-state index in [4.69, 9.17) is 0 Å². The Labute approximate surface area is 153 Å². The van der Waals surface area contributed by atoms with Gasteiger partial charge < -0.3 is 20.4 Å². The number of aryl methyl sites for hydroxylation is 1. The Kier molecular flexibility index (Phi) is 5.75. The van der Waals surface area contributed by atoms with Gasteiger partial charge in [-0.1, -0.05) is 17.7 Å². The van der Waals surface area contributed by atoms with E-state index in [0.717, 1.165) is 30.6 Å². The first-order valence-electron chi connectivity index (χ1n) is 9.22. The van der Waals surface area contributed by atoms with Crippen LogP contribution >= 0.6 is 0 Å². The molecule has 0 radical (unpaired) electrons. The quantitative estimate of drug-likeness (QED) is 0.755. The van der Waals surface area contributed by atoms with Gasteiger partial charge in [0, 0.05) is 44.7 Å². The molecule has 3 rings (SSSR count). The van der Waals surface area contributed by atoms with Crippen LogP contribution in [-0.4, -0.2) is 55.0 Å². The molecule has 0 spiro atoms. The highest BCUT2D eigenvalue weighted by atomic mass is 16.2. The second kappa shape index (κ2) is 8.21. The van der Waals surface area contributed by atoms with Gasteiger partial charge in [-0.2, -0.15) is 0 Å². The van der Waals surface area contributed by atoms with E-state index in [-0.39, 0.29) is 23.9 Å². The van der Waals surface area contributed by atoms with E-state index < -0.39 is 0 Å². The van der Waals surface area contributed by atoms with E-state index in [9.17, 15) is 14.4 Å². The van der Waals surface area contributed by atoms with E-state index >= 15 is 0 Å². The molecule has 26 heavy (non-hydrogen) atoms. The van der Waals surface area contributed by atoms with Crippen molar-refractivity contribution in [3.05, 3.63) is 29.8 Å². The number of amides is 4. The average molecular weight is 358 g/mol. The summed E-state index contributed by atoms with van der Waals surface area (Å²) < 4.78 is 0. The number of nitrogens with one attached hydrogen (secondary N) is 2.